The average Bonchev–Trinajstić information content (AvgIpc) is 2.38. The molecule has 4 nitrogen and oxygen atoms in total. The van der Waals surface area contributed by atoms with Gasteiger partial charge in [-0.1, -0.05) is 19.1 Å². The molecule has 0 radical (unpaired) electrons. The van der Waals surface area contributed by atoms with E-state index in [9.17, 15) is 4.79 Å². The molecular formula is C14H19N3OS. The summed E-state index contributed by atoms with van der Waals surface area (Å²) in [6.45, 7) is 5.37. The Morgan fingerprint density at radius 2 is 2.11 bits per heavy atom. The van der Waals surface area contributed by atoms with Crippen molar-refractivity contribution in [3.05, 3.63) is 29.6 Å². The quantitative estimate of drug-likeness (QED) is 0.839. The maximum atomic E-state index is 12.4. The second-order valence-electron chi connectivity index (χ2n) is 5.40. The molecule has 102 valence electrons. The zero-order valence-corrected chi connectivity index (χ0v) is 12.2. The van der Waals surface area contributed by atoms with Gasteiger partial charge >= 0.3 is 0 Å². The summed E-state index contributed by atoms with van der Waals surface area (Å²) in [7, 11) is 0. The van der Waals surface area contributed by atoms with Gasteiger partial charge in [-0.15, -0.1) is 0 Å². The van der Waals surface area contributed by atoms with Crippen molar-refractivity contribution in [3.8, 4) is 0 Å². The molecule has 2 heterocycles. The number of nitrogens with zero attached hydrogens (tertiary/aromatic N) is 2. The summed E-state index contributed by atoms with van der Waals surface area (Å²) in [6.07, 6.45) is 3.34. The Bertz CT molecular complexity index is 507. The minimum atomic E-state index is -0.111. The number of carbonyl (C=O) groups is 1. The van der Waals surface area contributed by atoms with Crippen molar-refractivity contribution in [2.45, 2.75) is 26.7 Å². The molecule has 1 amide bonds. The van der Waals surface area contributed by atoms with Crippen LogP contribution in [0.2, 0.25) is 0 Å². The molecule has 0 aromatic carbocycles. The van der Waals surface area contributed by atoms with Crippen LogP contribution in [0.5, 0.6) is 0 Å². The molecule has 0 bridgehead atoms. The number of pyridine rings is 1. The van der Waals surface area contributed by atoms with E-state index >= 15 is 0 Å². The van der Waals surface area contributed by atoms with E-state index in [1.807, 2.05) is 17.9 Å². The van der Waals surface area contributed by atoms with Crippen molar-refractivity contribution in [3.63, 3.8) is 0 Å². The molecule has 0 saturated carbocycles. The average molecular weight is 277 g/mol. The maximum absolute atomic E-state index is 12.4. The highest BCUT2D eigenvalue weighted by Gasteiger charge is 2.34. The van der Waals surface area contributed by atoms with E-state index in [4.69, 9.17) is 18.0 Å². The van der Waals surface area contributed by atoms with E-state index in [0.29, 0.717) is 23.6 Å². The van der Waals surface area contributed by atoms with Gasteiger partial charge in [-0.25, -0.2) is 0 Å². The van der Waals surface area contributed by atoms with Crippen LogP contribution in [0, 0.1) is 12.3 Å². The number of piperidine rings is 1. The molecule has 0 aliphatic carbocycles. The van der Waals surface area contributed by atoms with Gasteiger partial charge in [0.2, 0.25) is 0 Å². The summed E-state index contributed by atoms with van der Waals surface area (Å²) in [6, 6.07) is 3.58. The second-order valence-corrected chi connectivity index (χ2v) is 5.84. The fourth-order valence-corrected chi connectivity index (χ4v) is 2.52. The Kier molecular flexibility index (Phi) is 3.85. The highest BCUT2D eigenvalue weighted by molar-refractivity contribution is 7.80. The number of aromatic nitrogens is 1. The summed E-state index contributed by atoms with van der Waals surface area (Å²) in [5.74, 6) is 0.0653. The lowest BCUT2D eigenvalue weighted by molar-refractivity contribution is 0.0670. The molecule has 1 saturated heterocycles. The topological polar surface area (TPSA) is 59.2 Å². The molecular weight excluding hydrogens is 258 g/mol. The first-order valence-corrected chi connectivity index (χ1v) is 6.85. The van der Waals surface area contributed by atoms with Gasteiger partial charge in [0.25, 0.3) is 5.91 Å². The normalized spacial score (nSPS) is 18.1. The Morgan fingerprint density at radius 1 is 1.47 bits per heavy atom. The molecule has 0 atom stereocenters. The van der Waals surface area contributed by atoms with E-state index in [-0.39, 0.29) is 11.3 Å². The van der Waals surface area contributed by atoms with E-state index < -0.39 is 0 Å². The van der Waals surface area contributed by atoms with Crippen LogP contribution in [0.1, 0.15) is 35.8 Å². The number of amides is 1. The van der Waals surface area contributed by atoms with Crippen LogP contribution < -0.4 is 5.73 Å². The highest BCUT2D eigenvalue weighted by Crippen LogP contribution is 2.31. The van der Waals surface area contributed by atoms with Gasteiger partial charge < -0.3 is 10.6 Å². The van der Waals surface area contributed by atoms with E-state index in [1.165, 1.54) is 0 Å². The van der Waals surface area contributed by atoms with Gasteiger partial charge in [-0.2, -0.15) is 0 Å². The Labute approximate surface area is 119 Å². The minimum absolute atomic E-state index is 0.0653. The first kappa shape index (κ1) is 13.9. The Hall–Kier alpha value is -1.49. The SMILES string of the molecule is Cc1cc(C(=O)N2CCC(C)(C(N)=S)CC2)ccn1. The summed E-state index contributed by atoms with van der Waals surface area (Å²) >= 11 is 5.11. The molecule has 0 spiro atoms. The lowest BCUT2D eigenvalue weighted by Crippen LogP contribution is -2.46. The van der Waals surface area contributed by atoms with Gasteiger partial charge in [-0.05, 0) is 31.9 Å². The van der Waals surface area contributed by atoms with Crippen LogP contribution in [0.3, 0.4) is 0 Å². The number of likely N-dealkylation sites (tertiary alicyclic amines) is 1. The number of hydrogen-bond donors (Lipinski definition) is 1. The molecule has 2 N–H and O–H groups in total. The van der Waals surface area contributed by atoms with Crippen molar-refractivity contribution < 1.29 is 4.79 Å². The molecule has 5 heteroatoms. The lowest BCUT2D eigenvalue weighted by Gasteiger charge is -2.38. The molecule has 1 aromatic rings. The van der Waals surface area contributed by atoms with E-state index in [0.717, 1.165) is 18.5 Å². The van der Waals surface area contributed by atoms with Crippen LogP contribution in [0.25, 0.3) is 0 Å². The van der Waals surface area contributed by atoms with E-state index in [1.54, 1.807) is 12.3 Å². The smallest absolute Gasteiger partial charge is 0.253 e. The van der Waals surface area contributed by atoms with Crippen LogP contribution in [0.15, 0.2) is 18.3 Å². The molecule has 1 aliphatic rings. The Morgan fingerprint density at radius 3 is 2.63 bits per heavy atom. The third-order valence-electron chi connectivity index (χ3n) is 3.89. The minimum Gasteiger partial charge on any atom is -0.393 e. The molecule has 1 aromatic heterocycles. The van der Waals surface area contributed by atoms with Gasteiger partial charge in [0.05, 0.1) is 4.99 Å². The highest BCUT2D eigenvalue weighted by atomic mass is 32.1. The monoisotopic (exact) mass is 277 g/mol. The van der Waals surface area contributed by atoms with Gasteiger partial charge in [0.15, 0.2) is 0 Å². The molecule has 2 rings (SSSR count). The van der Waals surface area contributed by atoms with Crippen LogP contribution in [0.4, 0.5) is 0 Å². The summed E-state index contributed by atoms with van der Waals surface area (Å²) in [5.41, 5.74) is 7.22. The maximum Gasteiger partial charge on any atom is 0.253 e. The molecule has 1 fully saturated rings. The van der Waals surface area contributed by atoms with Gasteiger partial charge in [0.1, 0.15) is 0 Å². The molecule has 19 heavy (non-hydrogen) atoms. The number of rotatable bonds is 2. The summed E-state index contributed by atoms with van der Waals surface area (Å²) in [4.78, 5) is 18.9. The number of aryl methyl sites for hydroxylation is 1. The third kappa shape index (κ3) is 2.92. The van der Waals surface area contributed by atoms with Crippen molar-refractivity contribution in [2.24, 2.45) is 11.1 Å². The number of nitrogens with two attached hydrogens (primary N) is 1. The third-order valence-corrected chi connectivity index (χ3v) is 4.39. The largest absolute Gasteiger partial charge is 0.393 e. The van der Waals surface area contributed by atoms with Crippen molar-refractivity contribution in [1.82, 2.24) is 9.88 Å². The zero-order chi connectivity index (χ0) is 14.0. The van der Waals surface area contributed by atoms with Crippen LogP contribution >= 0.6 is 12.2 Å². The Balaban J connectivity index is 2.06. The summed E-state index contributed by atoms with van der Waals surface area (Å²) < 4.78 is 0. The van der Waals surface area contributed by atoms with Crippen LogP contribution in [-0.4, -0.2) is 33.9 Å². The first-order valence-electron chi connectivity index (χ1n) is 6.44. The van der Waals surface area contributed by atoms with Crippen molar-refractivity contribution in [2.75, 3.05) is 13.1 Å². The van der Waals surface area contributed by atoms with Crippen molar-refractivity contribution >= 4 is 23.1 Å². The molecule has 1 aliphatic heterocycles. The summed E-state index contributed by atoms with van der Waals surface area (Å²) in [5, 5.41) is 0. The predicted octanol–water partition coefficient (Wildman–Crippen LogP) is 1.92. The number of hydrogen-bond acceptors (Lipinski definition) is 3. The lowest BCUT2D eigenvalue weighted by atomic mass is 9.80. The molecule has 0 unspecified atom stereocenters. The fourth-order valence-electron chi connectivity index (χ4n) is 2.31. The van der Waals surface area contributed by atoms with Gasteiger partial charge in [0, 0.05) is 36.0 Å². The second kappa shape index (κ2) is 5.25. The number of carbonyl (C=O) groups excluding carboxylic acids is 1. The number of thiocarbonyl (C=S) groups is 1. The predicted molar refractivity (Wildman–Crippen MR) is 79.0 cm³/mol. The van der Waals surface area contributed by atoms with E-state index in [2.05, 4.69) is 11.9 Å². The van der Waals surface area contributed by atoms with Crippen LogP contribution in [-0.2, 0) is 0 Å². The van der Waals surface area contributed by atoms with Crippen molar-refractivity contribution in [1.29, 1.82) is 0 Å². The standard InChI is InChI=1S/C14H19N3OS/c1-10-9-11(3-6-16-10)12(18)17-7-4-14(2,5-8-17)13(15)19/h3,6,9H,4-5,7-8H2,1-2H3,(H2,15,19). The first-order chi connectivity index (χ1) is 8.92. The van der Waals surface area contributed by atoms with Gasteiger partial charge in [-0.3, -0.25) is 9.78 Å². The fraction of sp³-hybridized carbons (Fsp3) is 0.500. The zero-order valence-electron chi connectivity index (χ0n) is 11.3.